The number of hydrogen-bond acceptors (Lipinski definition) is 2. The summed E-state index contributed by atoms with van der Waals surface area (Å²) in [6, 6.07) is 6.22. The molecule has 1 unspecified atom stereocenters. The molecule has 5 heteroatoms. The summed E-state index contributed by atoms with van der Waals surface area (Å²) in [5.41, 5.74) is 1.69. The summed E-state index contributed by atoms with van der Waals surface area (Å²) in [6.45, 7) is 2.78. The van der Waals surface area contributed by atoms with E-state index in [4.69, 9.17) is 23.2 Å². The number of benzene rings is 1. The first kappa shape index (κ1) is 15.2. The monoisotopic (exact) mass is 312 g/mol. The predicted molar refractivity (Wildman–Crippen MR) is 80.8 cm³/mol. The molecular formula is C15H15Cl2FN2. The maximum Gasteiger partial charge on any atom is 0.123 e. The van der Waals surface area contributed by atoms with E-state index >= 15 is 0 Å². The largest absolute Gasteiger partial charge is 0.310 e. The van der Waals surface area contributed by atoms with Gasteiger partial charge in [-0.05, 0) is 48.4 Å². The Morgan fingerprint density at radius 3 is 2.75 bits per heavy atom. The lowest BCUT2D eigenvalue weighted by Crippen LogP contribution is -2.23. The normalized spacial score (nSPS) is 12.4. The van der Waals surface area contributed by atoms with Gasteiger partial charge in [-0.1, -0.05) is 30.1 Å². The maximum absolute atomic E-state index is 13.4. The molecule has 0 radical (unpaired) electrons. The van der Waals surface area contributed by atoms with Gasteiger partial charge in [0.1, 0.15) is 5.82 Å². The zero-order valence-electron chi connectivity index (χ0n) is 11.0. The van der Waals surface area contributed by atoms with Gasteiger partial charge in [-0.3, -0.25) is 4.98 Å². The third-order valence-corrected chi connectivity index (χ3v) is 3.75. The van der Waals surface area contributed by atoms with Crippen LogP contribution in [-0.2, 0) is 6.42 Å². The van der Waals surface area contributed by atoms with Gasteiger partial charge in [-0.2, -0.15) is 0 Å². The molecule has 0 aliphatic heterocycles. The first-order valence-electron chi connectivity index (χ1n) is 6.38. The van der Waals surface area contributed by atoms with Crippen molar-refractivity contribution in [2.45, 2.75) is 19.4 Å². The van der Waals surface area contributed by atoms with E-state index in [1.165, 1.54) is 12.1 Å². The van der Waals surface area contributed by atoms with Crippen LogP contribution < -0.4 is 5.32 Å². The summed E-state index contributed by atoms with van der Waals surface area (Å²) in [4.78, 5) is 3.98. The van der Waals surface area contributed by atoms with Crippen molar-refractivity contribution in [1.82, 2.24) is 10.3 Å². The molecule has 1 aromatic carbocycles. The smallest absolute Gasteiger partial charge is 0.123 e. The van der Waals surface area contributed by atoms with E-state index in [-0.39, 0.29) is 11.9 Å². The van der Waals surface area contributed by atoms with Gasteiger partial charge in [0, 0.05) is 23.5 Å². The third-order valence-electron chi connectivity index (χ3n) is 3.06. The molecule has 0 amide bonds. The Kier molecular flexibility index (Phi) is 5.35. The van der Waals surface area contributed by atoms with Crippen molar-refractivity contribution < 1.29 is 4.39 Å². The summed E-state index contributed by atoms with van der Waals surface area (Å²) in [5, 5.41) is 4.49. The SMILES string of the molecule is CCNC(Cc1cc(F)ccc1Cl)c1ccncc1Cl. The van der Waals surface area contributed by atoms with Gasteiger partial charge < -0.3 is 5.32 Å². The van der Waals surface area contributed by atoms with Crippen LogP contribution in [0.15, 0.2) is 36.7 Å². The Morgan fingerprint density at radius 2 is 2.05 bits per heavy atom. The lowest BCUT2D eigenvalue weighted by molar-refractivity contribution is 0.546. The van der Waals surface area contributed by atoms with E-state index in [1.807, 2.05) is 13.0 Å². The molecule has 1 atom stereocenters. The van der Waals surface area contributed by atoms with Gasteiger partial charge in [0.25, 0.3) is 0 Å². The molecule has 2 aromatic rings. The molecule has 0 fully saturated rings. The number of pyridine rings is 1. The number of rotatable bonds is 5. The summed E-state index contributed by atoms with van der Waals surface area (Å²) < 4.78 is 13.4. The van der Waals surface area contributed by atoms with Crippen molar-refractivity contribution in [3.05, 3.63) is 63.6 Å². The fraction of sp³-hybridized carbons (Fsp3) is 0.267. The lowest BCUT2D eigenvalue weighted by atomic mass is 9.99. The minimum Gasteiger partial charge on any atom is -0.310 e. The number of nitrogens with zero attached hydrogens (tertiary/aromatic N) is 1. The summed E-state index contributed by atoms with van der Waals surface area (Å²) in [5.74, 6) is -0.291. The van der Waals surface area contributed by atoms with Crippen molar-refractivity contribution in [2.24, 2.45) is 0 Å². The van der Waals surface area contributed by atoms with Crippen LogP contribution in [0.25, 0.3) is 0 Å². The summed E-state index contributed by atoms with van der Waals surface area (Å²) in [7, 11) is 0. The molecule has 2 nitrogen and oxygen atoms in total. The van der Waals surface area contributed by atoms with Crippen LogP contribution in [0.1, 0.15) is 24.1 Å². The van der Waals surface area contributed by atoms with E-state index in [9.17, 15) is 4.39 Å². The first-order chi connectivity index (χ1) is 9.61. The molecule has 0 aliphatic carbocycles. The lowest BCUT2D eigenvalue weighted by Gasteiger charge is -2.20. The molecule has 0 spiro atoms. The number of halogens is 3. The number of aromatic nitrogens is 1. The van der Waals surface area contributed by atoms with E-state index in [1.54, 1.807) is 18.5 Å². The molecule has 1 N–H and O–H groups in total. The van der Waals surface area contributed by atoms with Crippen LogP contribution in [0.4, 0.5) is 4.39 Å². The first-order valence-corrected chi connectivity index (χ1v) is 7.14. The van der Waals surface area contributed by atoms with Crippen molar-refractivity contribution in [2.75, 3.05) is 6.54 Å². The van der Waals surface area contributed by atoms with Crippen molar-refractivity contribution in [3.63, 3.8) is 0 Å². The Morgan fingerprint density at radius 1 is 1.25 bits per heavy atom. The quantitative estimate of drug-likeness (QED) is 0.884. The minimum absolute atomic E-state index is 0.0326. The Hall–Kier alpha value is -1.16. The Bertz CT molecular complexity index is 590. The van der Waals surface area contributed by atoms with Gasteiger partial charge in [0.05, 0.1) is 5.02 Å². The molecule has 1 aromatic heterocycles. The second kappa shape index (κ2) is 7.02. The highest BCUT2D eigenvalue weighted by molar-refractivity contribution is 6.31. The third kappa shape index (κ3) is 3.69. The Balaban J connectivity index is 2.30. The highest BCUT2D eigenvalue weighted by atomic mass is 35.5. The van der Waals surface area contributed by atoms with Gasteiger partial charge >= 0.3 is 0 Å². The highest BCUT2D eigenvalue weighted by Gasteiger charge is 2.16. The molecule has 0 bridgehead atoms. The Labute approximate surface area is 127 Å². The van der Waals surface area contributed by atoms with Crippen LogP contribution in [0, 0.1) is 5.82 Å². The van der Waals surface area contributed by atoms with E-state index in [0.717, 1.165) is 17.7 Å². The van der Waals surface area contributed by atoms with Gasteiger partial charge in [0.15, 0.2) is 0 Å². The topological polar surface area (TPSA) is 24.9 Å². The molecule has 0 saturated heterocycles. The number of hydrogen-bond donors (Lipinski definition) is 1. The minimum atomic E-state index is -0.291. The molecular weight excluding hydrogens is 298 g/mol. The fourth-order valence-electron chi connectivity index (χ4n) is 2.13. The van der Waals surface area contributed by atoms with E-state index in [0.29, 0.717) is 16.5 Å². The van der Waals surface area contributed by atoms with Crippen LogP contribution in [0.2, 0.25) is 10.0 Å². The van der Waals surface area contributed by atoms with Crippen molar-refractivity contribution >= 4 is 23.2 Å². The summed E-state index contributed by atoms with van der Waals surface area (Å²) >= 11 is 12.3. The van der Waals surface area contributed by atoms with Gasteiger partial charge in [0.2, 0.25) is 0 Å². The van der Waals surface area contributed by atoms with Gasteiger partial charge in [-0.25, -0.2) is 4.39 Å². The average molecular weight is 313 g/mol. The predicted octanol–water partition coefficient (Wildman–Crippen LogP) is 4.42. The fourth-order valence-corrected chi connectivity index (χ4v) is 2.57. The molecule has 0 aliphatic rings. The van der Waals surface area contributed by atoms with Crippen LogP contribution in [0.3, 0.4) is 0 Å². The van der Waals surface area contributed by atoms with Crippen LogP contribution in [0.5, 0.6) is 0 Å². The second-order valence-corrected chi connectivity index (χ2v) is 5.26. The molecule has 1 heterocycles. The average Bonchev–Trinajstić information content (AvgIpc) is 2.43. The zero-order valence-corrected chi connectivity index (χ0v) is 12.5. The summed E-state index contributed by atoms with van der Waals surface area (Å²) in [6.07, 6.45) is 3.86. The molecule has 0 saturated carbocycles. The molecule has 2 rings (SSSR count). The molecule has 106 valence electrons. The highest BCUT2D eigenvalue weighted by Crippen LogP contribution is 2.28. The standard InChI is InChI=1S/C15H15Cl2FN2/c1-2-20-15(12-5-6-19-9-14(12)17)8-10-7-11(18)3-4-13(10)16/h3-7,9,15,20H,2,8H2,1H3. The maximum atomic E-state index is 13.4. The van der Waals surface area contributed by atoms with E-state index < -0.39 is 0 Å². The van der Waals surface area contributed by atoms with Crippen molar-refractivity contribution in [1.29, 1.82) is 0 Å². The zero-order chi connectivity index (χ0) is 14.5. The van der Waals surface area contributed by atoms with Crippen LogP contribution >= 0.6 is 23.2 Å². The van der Waals surface area contributed by atoms with E-state index in [2.05, 4.69) is 10.3 Å². The van der Waals surface area contributed by atoms with Crippen LogP contribution in [-0.4, -0.2) is 11.5 Å². The van der Waals surface area contributed by atoms with Gasteiger partial charge in [-0.15, -0.1) is 0 Å². The number of nitrogens with one attached hydrogen (secondary N) is 1. The van der Waals surface area contributed by atoms with Crippen molar-refractivity contribution in [3.8, 4) is 0 Å². The number of likely N-dealkylation sites (N-methyl/N-ethyl adjacent to an activating group) is 1. The second-order valence-electron chi connectivity index (χ2n) is 4.45. The molecule has 20 heavy (non-hydrogen) atoms.